The Morgan fingerprint density at radius 1 is 1.15 bits per heavy atom. The van der Waals surface area contributed by atoms with E-state index in [0.717, 1.165) is 6.42 Å². The molecule has 1 aromatic carbocycles. The summed E-state index contributed by atoms with van der Waals surface area (Å²) < 4.78 is 15.4. The molecule has 3 aliphatic rings. The molecule has 136 valence electrons. The largest absolute Gasteiger partial charge is 0.462 e. The Bertz CT molecular complexity index is 780. The third kappa shape index (κ3) is 2.77. The zero-order valence-corrected chi connectivity index (χ0v) is 14.2. The lowest BCUT2D eigenvalue weighted by molar-refractivity contribution is -0.154. The number of Topliss-reactive ketones (excluding diaryl/α,β-unsaturated/α-hetero) is 1. The first kappa shape index (κ1) is 16.8. The van der Waals surface area contributed by atoms with E-state index < -0.39 is 23.8 Å². The summed E-state index contributed by atoms with van der Waals surface area (Å²) in [6, 6.07) is 6.01. The van der Waals surface area contributed by atoms with Crippen LogP contribution in [0.25, 0.3) is 0 Å². The summed E-state index contributed by atoms with van der Waals surface area (Å²) in [5.74, 6) is -1.96. The minimum atomic E-state index is -0.496. The van der Waals surface area contributed by atoms with Crippen LogP contribution in [0.4, 0.5) is 0 Å². The van der Waals surface area contributed by atoms with Gasteiger partial charge in [0, 0.05) is 18.4 Å². The van der Waals surface area contributed by atoms with Crippen LogP contribution in [0.15, 0.2) is 24.3 Å². The second kappa shape index (κ2) is 6.23. The summed E-state index contributed by atoms with van der Waals surface area (Å²) in [6.45, 7) is 0.904. The van der Waals surface area contributed by atoms with E-state index in [4.69, 9.17) is 14.2 Å². The molecule has 0 radical (unpaired) electrons. The molecule has 2 bridgehead atoms. The predicted octanol–water partition coefficient (Wildman–Crippen LogP) is 1.54. The van der Waals surface area contributed by atoms with Crippen LogP contribution in [0.1, 0.15) is 30.1 Å². The van der Waals surface area contributed by atoms with Crippen molar-refractivity contribution in [1.82, 2.24) is 0 Å². The average molecular weight is 358 g/mol. The van der Waals surface area contributed by atoms with Crippen molar-refractivity contribution in [2.75, 3.05) is 6.61 Å². The number of ether oxygens (including phenoxy) is 3. The molecule has 7 nitrogen and oxygen atoms in total. The fraction of sp³-hybridized carbons (Fsp3) is 0.474. The van der Waals surface area contributed by atoms with E-state index in [9.17, 15) is 19.2 Å². The second-order valence-corrected chi connectivity index (χ2v) is 7.07. The monoisotopic (exact) mass is 358 g/mol. The molecule has 0 N–H and O–H groups in total. The SMILES string of the molecule is CC(=O)Oc1ccc(C(=O)COC(=O)[C@@H]2[C@@H]3C[C@@H]4[C@H]2C(=O)O[C@H]4C3)cc1. The average Bonchev–Trinajstić information content (AvgIpc) is 3.21. The van der Waals surface area contributed by atoms with Crippen molar-refractivity contribution in [3.05, 3.63) is 29.8 Å². The fourth-order valence-corrected chi connectivity index (χ4v) is 4.52. The van der Waals surface area contributed by atoms with Gasteiger partial charge in [0.25, 0.3) is 0 Å². The standard InChI is InChI=1S/C19H18O7/c1-9(20)25-12-4-2-10(3-5-12)14(21)8-24-18(22)16-11-6-13-15(7-11)26-19(23)17(13)16/h2-5,11,13,15-17H,6-8H2,1H3/t11-,13+,15+,16-,17-/m1/s1. The third-order valence-corrected chi connectivity index (χ3v) is 5.54. The topological polar surface area (TPSA) is 96.0 Å². The van der Waals surface area contributed by atoms with Crippen LogP contribution in [0.5, 0.6) is 5.75 Å². The van der Waals surface area contributed by atoms with E-state index in [-0.39, 0.29) is 36.3 Å². The van der Waals surface area contributed by atoms with E-state index in [1.807, 2.05) is 0 Å². The van der Waals surface area contributed by atoms with Gasteiger partial charge in [-0.15, -0.1) is 0 Å². The highest BCUT2D eigenvalue weighted by molar-refractivity contribution is 5.98. The molecule has 1 aliphatic heterocycles. The maximum absolute atomic E-state index is 12.4. The molecule has 2 aliphatic carbocycles. The first-order chi connectivity index (χ1) is 12.4. The number of hydrogen-bond donors (Lipinski definition) is 0. The summed E-state index contributed by atoms with van der Waals surface area (Å²) in [7, 11) is 0. The molecule has 4 rings (SSSR count). The van der Waals surface area contributed by atoms with Crippen LogP contribution in [0.2, 0.25) is 0 Å². The Morgan fingerprint density at radius 3 is 2.58 bits per heavy atom. The molecule has 0 aromatic heterocycles. The Hall–Kier alpha value is -2.70. The number of esters is 3. The molecule has 2 saturated carbocycles. The summed E-state index contributed by atoms with van der Waals surface area (Å²) in [5.41, 5.74) is 0.349. The van der Waals surface area contributed by atoms with Gasteiger partial charge in [0.05, 0.1) is 11.8 Å². The molecule has 1 heterocycles. The van der Waals surface area contributed by atoms with Crippen LogP contribution >= 0.6 is 0 Å². The quantitative estimate of drug-likeness (QED) is 0.447. The lowest BCUT2D eigenvalue weighted by Gasteiger charge is -2.22. The maximum atomic E-state index is 12.4. The summed E-state index contributed by atoms with van der Waals surface area (Å²) >= 11 is 0. The van der Waals surface area contributed by atoms with Crippen molar-refractivity contribution in [3.8, 4) is 5.75 Å². The van der Waals surface area contributed by atoms with Gasteiger partial charge in [0.1, 0.15) is 11.9 Å². The second-order valence-electron chi connectivity index (χ2n) is 7.07. The zero-order valence-electron chi connectivity index (χ0n) is 14.2. The number of fused-ring (bicyclic) bond motifs is 1. The normalized spacial score (nSPS) is 30.8. The zero-order chi connectivity index (χ0) is 18.4. The Morgan fingerprint density at radius 2 is 1.88 bits per heavy atom. The smallest absolute Gasteiger partial charge is 0.310 e. The van der Waals surface area contributed by atoms with Crippen molar-refractivity contribution >= 4 is 23.7 Å². The molecular weight excluding hydrogens is 340 g/mol. The number of ketones is 1. The molecule has 0 spiro atoms. The lowest BCUT2D eigenvalue weighted by Crippen LogP contribution is -2.34. The van der Waals surface area contributed by atoms with Crippen LogP contribution in [0, 0.1) is 23.7 Å². The molecule has 0 unspecified atom stereocenters. The number of hydrogen-bond acceptors (Lipinski definition) is 7. The number of carbonyl (C=O) groups excluding carboxylic acids is 4. The van der Waals surface area contributed by atoms with Gasteiger partial charge in [-0.2, -0.15) is 0 Å². The van der Waals surface area contributed by atoms with Gasteiger partial charge in [-0.05, 0) is 43.0 Å². The van der Waals surface area contributed by atoms with E-state index in [2.05, 4.69) is 0 Å². The number of rotatable bonds is 5. The van der Waals surface area contributed by atoms with Gasteiger partial charge in [0.15, 0.2) is 12.4 Å². The van der Waals surface area contributed by atoms with Crippen LogP contribution < -0.4 is 4.74 Å². The third-order valence-electron chi connectivity index (χ3n) is 5.54. The van der Waals surface area contributed by atoms with E-state index in [1.165, 1.54) is 31.2 Å². The molecule has 7 heteroatoms. The van der Waals surface area contributed by atoms with Crippen molar-refractivity contribution in [2.45, 2.75) is 25.9 Å². The summed E-state index contributed by atoms with van der Waals surface area (Å²) in [4.78, 5) is 47.5. The first-order valence-corrected chi connectivity index (χ1v) is 8.63. The van der Waals surface area contributed by atoms with Crippen molar-refractivity contribution in [1.29, 1.82) is 0 Å². The minimum absolute atomic E-state index is 0.0427. The van der Waals surface area contributed by atoms with Gasteiger partial charge in [0.2, 0.25) is 0 Å². The highest BCUT2D eigenvalue weighted by Gasteiger charge is 2.64. The minimum Gasteiger partial charge on any atom is -0.462 e. The Balaban J connectivity index is 1.35. The molecule has 1 saturated heterocycles. The van der Waals surface area contributed by atoms with E-state index in [0.29, 0.717) is 17.7 Å². The fourth-order valence-electron chi connectivity index (χ4n) is 4.52. The summed E-state index contributed by atoms with van der Waals surface area (Å²) in [6.07, 6.45) is 1.48. The van der Waals surface area contributed by atoms with Gasteiger partial charge in [-0.25, -0.2) is 0 Å². The van der Waals surface area contributed by atoms with Crippen molar-refractivity contribution in [3.63, 3.8) is 0 Å². The van der Waals surface area contributed by atoms with Gasteiger partial charge < -0.3 is 14.2 Å². The first-order valence-electron chi connectivity index (χ1n) is 8.63. The molecule has 5 atom stereocenters. The van der Waals surface area contributed by atoms with Crippen molar-refractivity contribution in [2.24, 2.45) is 23.7 Å². The highest BCUT2D eigenvalue weighted by Crippen LogP contribution is 2.57. The number of benzene rings is 1. The molecule has 3 fully saturated rings. The lowest BCUT2D eigenvalue weighted by atomic mass is 9.80. The molecular formula is C19H18O7. The number of carbonyl (C=O) groups is 4. The Kier molecular flexibility index (Phi) is 4.01. The molecule has 26 heavy (non-hydrogen) atoms. The van der Waals surface area contributed by atoms with Crippen molar-refractivity contribution < 1.29 is 33.4 Å². The summed E-state index contributed by atoms with van der Waals surface area (Å²) in [5, 5.41) is 0. The van der Waals surface area contributed by atoms with Crippen LogP contribution in [0.3, 0.4) is 0 Å². The highest BCUT2D eigenvalue weighted by atomic mass is 16.6. The van der Waals surface area contributed by atoms with Gasteiger partial charge >= 0.3 is 17.9 Å². The van der Waals surface area contributed by atoms with Crippen LogP contribution in [-0.4, -0.2) is 36.4 Å². The Labute approximate surface area is 149 Å². The van der Waals surface area contributed by atoms with Crippen LogP contribution in [-0.2, 0) is 23.9 Å². The maximum Gasteiger partial charge on any atom is 0.310 e. The van der Waals surface area contributed by atoms with Gasteiger partial charge in [-0.3, -0.25) is 19.2 Å². The van der Waals surface area contributed by atoms with E-state index >= 15 is 0 Å². The van der Waals surface area contributed by atoms with E-state index in [1.54, 1.807) is 0 Å². The van der Waals surface area contributed by atoms with Gasteiger partial charge in [-0.1, -0.05) is 0 Å². The predicted molar refractivity (Wildman–Crippen MR) is 86.1 cm³/mol. The molecule has 0 amide bonds. The molecule has 1 aromatic rings.